The molecule has 2 aromatic rings. The summed E-state index contributed by atoms with van der Waals surface area (Å²) in [5.41, 5.74) is 0.243. The van der Waals surface area contributed by atoms with E-state index in [1.165, 1.54) is 23.4 Å². The van der Waals surface area contributed by atoms with Crippen LogP contribution in [0, 0.1) is 0 Å². The second-order valence-electron chi connectivity index (χ2n) is 5.96. The van der Waals surface area contributed by atoms with Gasteiger partial charge < -0.3 is 19.5 Å². The third kappa shape index (κ3) is 4.83. The molecule has 1 fully saturated rings. The molecule has 0 radical (unpaired) electrons. The lowest BCUT2D eigenvalue weighted by atomic mass is 10.2. The molecule has 2 N–H and O–H groups in total. The van der Waals surface area contributed by atoms with Crippen molar-refractivity contribution >= 4 is 23.4 Å². The SMILES string of the molecule is COc1ccc(NC(=O)CSc2n[nH]c(=O)n2C[C@H]2CCCO2)c(OC)c1. The summed E-state index contributed by atoms with van der Waals surface area (Å²) in [7, 11) is 3.08. The lowest BCUT2D eigenvalue weighted by Crippen LogP contribution is -2.25. The van der Waals surface area contributed by atoms with Crippen LogP contribution in [0.5, 0.6) is 11.5 Å². The number of anilines is 1. The third-order valence-electron chi connectivity index (χ3n) is 4.15. The normalized spacial score (nSPS) is 16.3. The fourth-order valence-electron chi connectivity index (χ4n) is 2.78. The Labute approximate surface area is 160 Å². The molecule has 9 nitrogen and oxygen atoms in total. The second kappa shape index (κ2) is 8.96. The van der Waals surface area contributed by atoms with Crippen molar-refractivity contribution in [1.29, 1.82) is 0 Å². The number of amides is 1. The molecule has 1 amide bonds. The molecule has 0 spiro atoms. The number of methoxy groups -OCH3 is 2. The molecule has 1 aliphatic rings. The first-order valence-corrected chi connectivity index (χ1v) is 9.50. The number of rotatable bonds is 8. The quantitative estimate of drug-likeness (QED) is 0.653. The predicted molar refractivity (Wildman–Crippen MR) is 101 cm³/mol. The maximum absolute atomic E-state index is 12.3. The van der Waals surface area contributed by atoms with Crippen LogP contribution in [0.1, 0.15) is 12.8 Å². The van der Waals surface area contributed by atoms with Gasteiger partial charge in [0.25, 0.3) is 0 Å². The summed E-state index contributed by atoms with van der Waals surface area (Å²) in [6, 6.07) is 5.14. The molecule has 27 heavy (non-hydrogen) atoms. The van der Waals surface area contributed by atoms with E-state index in [0.29, 0.717) is 35.5 Å². The first-order chi connectivity index (χ1) is 13.1. The second-order valence-corrected chi connectivity index (χ2v) is 6.90. The van der Waals surface area contributed by atoms with E-state index >= 15 is 0 Å². The number of benzene rings is 1. The Balaban J connectivity index is 1.60. The van der Waals surface area contributed by atoms with Crippen molar-refractivity contribution in [3.63, 3.8) is 0 Å². The van der Waals surface area contributed by atoms with Crippen molar-refractivity contribution in [2.45, 2.75) is 30.6 Å². The topological polar surface area (TPSA) is 107 Å². The van der Waals surface area contributed by atoms with E-state index in [0.717, 1.165) is 12.8 Å². The Hall–Kier alpha value is -2.46. The summed E-state index contributed by atoms with van der Waals surface area (Å²) in [4.78, 5) is 24.3. The molecule has 3 rings (SSSR count). The number of carbonyl (C=O) groups is 1. The number of ether oxygens (including phenoxy) is 3. The Morgan fingerprint density at radius 3 is 3.00 bits per heavy atom. The Kier molecular flexibility index (Phi) is 6.40. The van der Waals surface area contributed by atoms with Crippen molar-refractivity contribution in [2.75, 3.05) is 31.9 Å². The van der Waals surface area contributed by atoms with E-state index in [2.05, 4.69) is 15.5 Å². The summed E-state index contributed by atoms with van der Waals surface area (Å²) in [5.74, 6) is 1.00. The molecule has 1 aromatic carbocycles. The number of aromatic amines is 1. The third-order valence-corrected chi connectivity index (χ3v) is 5.12. The number of hydrogen-bond donors (Lipinski definition) is 2. The summed E-state index contributed by atoms with van der Waals surface area (Å²) in [5, 5.41) is 9.69. The standard InChI is InChI=1S/C17H22N4O5S/c1-24-11-5-6-13(14(8-11)25-2)18-15(22)10-27-17-20-19-16(23)21(17)9-12-4-3-7-26-12/h5-6,8,12H,3-4,7,9-10H2,1-2H3,(H,18,22)(H,19,23)/t12-/m1/s1. The van der Waals surface area contributed by atoms with Gasteiger partial charge in [0.05, 0.1) is 38.3 Å². The largest absolute Gasteiger partial charge is 0.497 e. The highest BCUT2D eigenvalue weighted by atomic mass is 32.2. The van der Waals surface area contributed by atoms with Crippen molar-refractivity contribution < 1.29 is 19.0 Å². The number of thioether (sulfide) groups is 1. The minimum Gasteiger partial charge on any atom is -0.497 e. The number of aromatic nitrogens is 3. The molecule has 0 saturated carbocycles. The Morgan fingerprint density at radius 1 is 1.44 bits per heavy atom. The molecule has 0 unspecified atom stereocenters. The number of nitrogens with one attached hydrogen (secondary N) is 2. The van der Waals surface area contributed by atoms with Crippen LogP contribution in [0.2, 0.25) is 0 Å². The van der Waals surface area contributed by atoms with E-state index in [1.807, 2.05) is 0 Å². The molecule has 0 aliphatic carbocycles. The van der Waals surface area contributed by atoms with Crippen molar-refractivity contribution in [1.82, 2.24) is 14.8 Å². The number of H-pyrrole nitrogens is 1. The zero-order chi connectivity index (χ0) is 19.2. The maximum atomic E-state index is 12.3. The van der Waals surface area contributed by atoms with E-state index < -0.39 is 0 Å². The fourth-order valence-corrected chi connectivity index (χ4v) is 3.54. The maximum Gasteiger partial charge on any atom is 0.344 e. The smallest absolute Gasteiger partial charge is 0.344 e. The monoisotopic (exact) mass is 394 g/mol. The summed E-state index contributed by atoms with van der Waals surface area (Å²) in [6.07, 6.45) is 1.92. The Morgan fingerprint density at radius 2 is 2.30 bits per heavy atom. The van der Waals surface area contributed by atoms with Gasteiger partial charge in [-0.3, -0.25) is 9.36 Å². The van der Waals surface area contributed by atoms with Gasteiger partial charge in [-0.05, 0) is 25.0 Å². The zero-order valence-corrected chi connectivity index (χ0v) is 16.0. The van der Waals surface area contributed by atoms with Crippen molar-refractivity contribution in [3.05, 3.63) is 28.7 Å². The zero-order valence-electron chi connectivity index (χ0n) is 15.2. The minimum atomic E-state index is -0.301. The molecule has 1 atom stereocenters. The van der Waals surface area contributed by atoms with E-state index in [4.69, 9.17) is 14.2 Å². The fraction of sp³-hybridized carbons (Fsp3) is 0.471. The van der Waals surface area contributed by atoms with Gasteiger partial charge in [-0.15, -0.1) is 5.10 Å². The van der Waals surface area contributed by atoms with Crippen LogP contribution in [0.4, 0.5) is 5.69 Å². The predicted octanol–water partition coefficient (Wildman–Crippen LogP) is 1.50. The van der Waals surface area contributed by atoms with Gasteiger partial charge >= 0.3 is 5.69 Å². The molecular weight excluding hydrogens is 372 g/mol. The van der Waals surface area contributed by atoms with Crippen LogP contribution >= 0.6 is 11.8 Å². The summed E-state index contributed by atoms with van der Waals surface area (Å²) < 4.78 is 17.5. The molecule has 0 bridgehead atoms. The number of nitrogens with zero attached hydrogens (tertiary/aromatic N) is 2. The molecule has 146 valence electrons. The minimum absolute atomic E-state index is 0.0111. The summed E-state index contributed by atoms with van der Waals surface area (Å²) >= 11 is 1.19. The molecule has 2 heterocycles. The van der Waals surface area contributed by atoms with E-state index in [9.17, 15) is 9.59 Å². The Bertz CT molecular complexity index is 844. The number of hydrogen-bond acceptors (Lipinski definition) is 7. The molecule has 1 aromatic heterocycles. The summed E-state index contributed by atoms with van der Waals surface area (Å²) in [6.45, 7) is 1.15. The first-order valence-electron chi connectivity index (χ1n) is 8.52. The van der Waals surface area contributed by atoms with Gasteiger partial charge in [0, 0.05) is 12.7 Å². The molecule has 10 heteroatoms. The van der Waals surface area contributed by atoms with Gasteiger partial charge in [-0.25, -0.2) is 9.89 Å². The van der Waals surface area contributed by atoms with Crippen molar-refractivity contribution in [2.24, 2.45) is 0 Å². The average Bonchev–Trinajstić information content (AvgIpc) is 3.31. The van der Waals surface area contributed by atoms with Crippen LogP contribution < -0.4 is 20.5 Å². The molecule has 1 saturated heterocycles. The van der Waals surface area contributed by atoms with Gasteiger partial charge in [-0.1, -0.05) is 11.8 Å². The van der Waals surface area contributed by atoms with Crippen LogP contribution in [0.15, 0.2) is 28.2 Å². The highest BCUT2D eigenvalue weighted by Gasteiger charge is 2.20. The highest BCUT2D eigenvalue weighted by Crippen LogP contribution is 2.29. The van der Waals surface area contributed by atoms with Gasteiger partial charge in [0.15, 0.2) is 5.16 Å². The highest BCUT2D eigenvalue weighted by molar-refractivity contribution is 7.99. The van der Waals surface area contributed by atoms with Crippen LogP contribution in [0.3, 0.4) is 0 Å². The van der Waals surface area contributed by atoms with Crippen LogP contribution in [0.25, 0.3) is 0 Å². The lowest BCUT2D eigenvalue weighted by molar-refractivity contribution is -0.113. The van der Waals surface area contributed by atoms with Crippen molar-refractivity contribution in [3.8, 4) is 11.5 Å². The van der Waals surface area contributed by atoms with Crippen LogP contribution in [-0.2, 0) is 16.1 Å². The van der Waals surface area contributed by atoms with E-state index in [-0.39, 0.29) is 23.5 Å². The molecule has 1 aliphatic heterocycles. The lowest BCUT2D eigenvalue weighted by Gasteiger charge is -2.12. The number of carbonyl (C=O) groups excluding carboxylic acids is 1. The van der Waals surface area contributed by atoms with Gasteiger partial charge in [0.1, 0.15) is 11.5 Å². The van der Waals surface area contributed by atoms with Gasteiger partial charge in [-0.2, -0.15) is 0 Å². The van der Waals surface area contributed by atoms with Gasteiger partial charge in [0.2, 0.25) is 5.91 Å². The van der Waals surface area contributed by atoms with E-state index in [1.54, 1.807) is 25.3 Å². The first kappa shape index (κ1) is 19.3. The molecular formula is C17H22N4O5S. The van der Waals surface area contributed by atoms with Crippen LogP contribution in [-0.4, -0.2) is 53.4 Å². The average molecular weight is 394 g/mol.